The van der Waals surface area contributed by atoms with Crippen LogP contribution in [0.3, 0.4) is 0 Å². The largest absolute Gasteiger partial charge is 0.393 e. The van der Waals surface area contributed by atoms with E-state index in [9.17, 15) is 5.11 Å². The monoisotopic (exact) mass is 145 g/mol. The van der Waals surface area contributed by atoms with Crippen molar-refractivity contribution in [3.63, 3.8) is 0 Å². The second-order valence-corrected chi connectivity index (χ2v) is 3.34. The molecule has 0 saturated heterocycles. The summed E-state index contributed by atoms with van der Waals surface area (Å²) in [5, 5.41) is 19.8. The van der Waals surface area contributed by atoms with Crippen LogP contribution >= 0.6 is 0 Å². The molecular formula is C8H17O2. The first-order valence-electron chi connectivity index (χ1n) is 3.86. The van der Waals surface area contributed by atoms with Crippen molar-refractivity contribution >= 4 is 0 Å². The van der Waals surface area contributed by atoms with E-state index in [1.807, 2.05) is 13.8 Å². The van der Waals surface area contributed by atoms with Gasteiger partial charge in [-0.15, -0.1) is 0 Å². The van der Waals surface area contributed by atoms with Crippen LogP contribution < -0.4 is 0 Å². The Morgan fingerprint density at radius 3 is 2.00 bits per heavy atom. The highest BCUT2D eigenvalue weighted by Gasteiger charge is 2.10. The van der Waals surface area contributed by atoms with Gasteiger partial charge in [0.25, 0.3) is 0 Å². The Hall–Kier alpha value is -0.0800. The van der Waals surface area contributed by atoms with Crippen LogP contribution in [0.4, 0.5) is 0 Å². The van der Waals surface area contributed by atoms with Crippen molar-refractivity contribution in [1.29, 1.82) is 0 Å². The van der Waals surface area contributed by atoms with Gasteiger partial charge in [0, 0.05) is 6.42 Å². The smallest absolute Gasteiger partial charge is 0.0957 e. The molecule has 0 aromatic rings. The zero-order valence-corrected chi connectivity index (χ0v) is 7.00. The Morgan fingerprint density at radius 2 is 1.70 bits per heavy atom. The van der Waals surface area contributed by atoms with Crippen molar-refractivity contribution in [2.75, 3.05) is 0 Å². The number of hydrogen-bond donors (Lipinski definition) is 1. The highest BCUT2D eigenvalue weighted by molar-refractivity contribution is 4.60. The Balaban J connectivity index is 3.34. The summed E-state index contributed by atoms with van der Waals surface area (Å²) in [6.45, 7) is 5.70. The minimum absolute atomic E-state index is 0.387. The number of rotatable bonds is 4. The first-order chi connectivity index (χ1) is 4.52. The molecule has 0 aromatic carbocycles. The Bertz CT molecular complexity index is 69.3. The van der Waals surface area contributed by atoms with Crippen molar-refractivity contribution in [1.82, 2.24) is 0 Å². The third-order valence-electron chi connectivity index (χ3n) is 1.34. The molecule has 10 heavy (non-hydrogen) atoms. The molecule has 0 aromatic heterocycles. The molecule has 0 saturated carbocycles. The lowest BCUT2D eigenvalue weighted by molar-refractivity contribution is 0.0262. The van der Waals surface area contributed by atoms with Crippen molar-refractivity contribution < 1.29 is 10.2 Å². The van der Waals surface area contributed by atoms with Gasteiger partial charge in [-0.05, 0) is 19.3 Å². The number of aliphatic hydroxyl groups excluding tert-OH is 1. The van der Waals surface area contributed by atoms with Crippen LogP contribution in [0.5, 0.6) is 0 Å². The molecule has 2 atom stereocenters. The van der Waals surface area contributed by atoms with Crippen LogP contribution in [0.2, 0.25) is 0 Å². The molecule has 0 spiro atoms. The van der Waals surface area contributed by atoms with E-state index in [2.05, 4.69) is 0 Å². The molecule has 0 heterocycles. The summed E-state index contributed by atoms with van der Waals surface area (Å²) in [5.74, 6) is 0.446. The van der Waals surface area contributed by atoms with E-state index in [0.29, 0.717) is 18.8 Å². The van der Waals surface area contributed by atoms with Gasteiger partial charge in [0.15, 0.2) is 0 Å². The predicted octanol–water partition coefficient (Wildman–Crippen LogP) is 1.60. The fourth-order valence-corrected chi connectivity index (χ4v) is 1.00. The highest BCUT2D eigenvalue weighted by atomic mass is 16.3. The van der Waals surface area contributed by atoms with E-state index >= 15 is 0 Å². The van der Waals surface area contributed by atoms with Crippen LogP contribution in [0.1, 0.15) is 33.6 Å². The molecule has 2 unspecified atom stereocenters. The number of hydrogen-bond acceptors (Lipinski definition) is 1. The summed E-state index contributed by atoms with van der Waals surface area (Å²) in [5.41, 5.74) is 0. The fraction of sp³-hybridized carbons (Fsp3) is 1.00. The normalized spacial score (nSPS) is 17.4. The van der Waals surface area contributed by atoms with Gasteiger partial charge < -0.3 is 5.11 Å². The lowest BCUT2D eigenvalue weighted by Gasteiger charge is -2.11. The maximum absolute atomic E-state index is 11.0. The maximum atomic E-state index is 11.0. The van der Waals surface area contributed by atoms with Crippen molar-refractivity contribution in [3.8, 4) is 0 Å². The molecule has 2 nitrogen and oxygen atoms in total. The molecule has 1 N–H and O–H groups in total. The van der Waals surface area contributed by atoms with Gasteiger partial charge in [0.2, 0.25) is 0 Å². The van der Waals surface area contributed by atoms with E-state index in [4.69, 9.17) is 5.11 Å². The molecule has 0 amide bonds. The van der Waals surface area contributed by atoms with Gasteiger partial charge in [-0.25, -0.2) is 5.11 Å². The van der Waals surface area contributed by atoms with Gasteiger partial charge in [-0.2, -0.15) is 0 Å². The summed E-state index contributed by atoms with van der Waals surface area (Å²) >= 11 is 0. The summed E-state index contributed by atoms with van der Waals surface area (Å²) < 4.78 is 0. The van der Waals surface area contributed by atoms with E-state index in [1.54, 1.807) is 6.92 Å². The molecule has 2 heteroatoms. The SMILES string of the molecule is CC(C)CC([O])CC(C)O. The molecule has 0 bridgehead atoms. The van der Waals surface area contributed by atoms with E-state index in [0.717, 1.165) is 0 Å². The van der Waals surface area contributed by atoms with Crippen LogP contribution in [-0.2, 0) is 5.11 Å². The molecule has 0 aliphatic carbocycles. The third kappa shape index (κ3) is 6.05. The average molecular weight is 145 g/mol. The topological polar surface area (TPSA) is 40.1 Å². The fourth-order valence-electron chi connectivity index (χ4n) is 1.00. The van der Waals surface area contributed by atoms with Crippen LogP contribution in [0, 0.1) is 5.92 Å². The summed E-state index contributed by atoms with van der Waals surface area (Å²) in [4.78, 5) is 0. The van der Waals surface area contributed by atoms with E-state index < -0.39 is 12.2 Å². The van der Waals surface area contributed by atoms with Crippen molar-refractivity contribution in [3.05, 3.63) is 0 Å². The van der Waals surface area contributed by atoms with Gasteiger partial charge in [0.1, 0.15) is 0 Å². The average Bonchev–Trinajstić information content (AvgIpc) is 1.58. The Kier molecular flexibility index (Phi) is 4.65. The zero-order valence-electron chi connectivity index (χ0n) is 7.00. The Labute approximate surface area is 62.9 Å². The van der Waals surface area contributed by atoms with Gasteiger partial charge in [0.05, 0.1) is 12.2 Å². The first-order valence-corrected chi connectivity index (χ1v) is 3.86. The number of aliphatic hydroxyl groups is 1. The van der Waals surface area contributed by atoms with Gasteiger partial charge >= 0.3 is 0 Å². The van der Waals surface area contributed by atoms with Crippen LogP contribution in [-0.4, -0.2) is 17.3 Å². The second-order valence-electron chi connectivity index (χ2n) is 3.34. The lowest BCUT2D eigenvalue weighted by atomic mass is 10.0. The zero-order chi connectivity index (χ0) is 8.15. The third-order valence-corrected chi connectivity index (χ3v) is 1.34. The minimum Gasteiger partial charge on any atom is -0.393 e. The molecule has 0 rings (SSSR count). The molecule has 1 radical (unpaired) electrons. The van der Waals surface area contributed by atoms with Crippen LogP contribution in [0.15, 0.2) is 0 Å². The lowest BCUT2D eigenvalue weighted by Crippen LogP contribution is -2.15. The van der Waals surface area contributed by atoms with E-state index in [1.165, 1.54) is 0 Å². The van der Waals surface area contributed by atoms with Gasteiger partial charge in [-0.3, -0.25) is 0 Å². The molecule has 0 aliphatic rings. The molecule has 0 fully saturated rings. The highest BCUT2D eigenvalue weighted by Crippen LogP contribution is 2.09. The van der Waals surface area contributed by atoms with Crippen LogP contribution in [0.25, 0.3) is 0 Å². The molecule has 0 aliphatic heterocycles. The first kappa shape index (κ1) is 9.92. The maximum Gasteiger partial charge on any atom is 0.0957 e. The van der Waals surface area contributed by atoms with E-state index in [-0.39, 0.29) is 0 Å². The molecular weight excluding hydrogens is 128 g/mol. The second kappa shape index (κ2) is 4.69. The standard InChI is InChI=1S/C8H17O2/c1-6(2)4-8(10)5-7(3)9/h6-9H,4-5H2,1-3H3. The quantitative estimate of drug-likeness (QED) is 0.641. The summed E-state index contributed by atoms with van der Waals surface area (Å²) in [6.07, 6.45) is 0.0320. The van der Waals surface area contributed by atoms with Crippen molar-refractivity contribution in [2.45, 2.75) is 45.8 Å². The van der Waals surface area contributed by atoms with Crippen molar-refractivity contribution in [2.24, 2.45) is 5.92 Å². The minimum atomic E-state index is -0.583. The molecule has 61 valence electrons. The Morgan fingerprint density at radius 1 is 1.20 bits per heavy atom. The summed E-state index contributed by atoms with van der Waals surface area (Å²) in [6, 6.07) is 0. The summed E-state index contributed by atoms with van der Waals surface area (Å²) in [7, 11) is 0. The predicted molar refractivity (Wildman–Crippen MR) is 40.2 cm³/mol. The van der Waals surface area contributed by atoms with Gasteiger partial charge in [-0.1, -0.05) is 13.8 Å².